The molecule has 1 rings (SSSR count). The highest BCUT2D eigenvalue weighted by molar-refractivity contribution is 6.74. The first-order valence-electron chi connectivity index (χ1n) is 6.43. The molecule has 0 radical (unpaired) electrons. The first-order valence-corrected chi connectivity index (χ1v) is 9.34. The third kappa shape index (κ3) is 2.74. The summed E-state index contributed by atoms with van der Waals surface area (Å²) in [6.45, 7) is 24.2. The molecule has 17 heavy (non-hydrogen) atoms. The van der Waals surface area contributed by atoms with E-state index in [1.165, 1.54) is 5.57 Å². The van der Waals surface area contributed by atoms with Gasteiger partial charge in [-0.05, 0) is 41.1 Å². The van der Waals surface area contributed by atoms with Gasteiger partial charge in [-0.1, -0.05) is 47.8 Å². The highest BCUT2D eigenvalue weighted by atomic mass is 28.4. The largest absolute Gasteiger partial charge is 0.409 e. The van der Waals surface area contributed by atoms with Gasteiger partial charge in [-0.25, -0.2) is 0 Å². The van der Waals surface area contributed by atoms with E-state index < -0.39 is 8.32 Å². The van der Waals surface area contributed by atoms with E-state index in [9.17, 15) is 0 Å². The van der Waals surface area contributed by atoms with Gasteiger partial charge in [-0.3, -0.25) is 0 Å². The summed E-state index contributed by atoms with van der Waals surface area (Å²) in [5.41, 5.74) is 2.42. The molecule has 1 saturated carbocycles. The lowest BCUT2D eigenvalue weighted by atomic mass is 9.89. The maximum atomic E-state index is 6.54. The van der Waals surface area contributed by atoms with Crippen molar-refractivity contribution in [1.82, 2.24) is 0 Å². The van der Waals surface area contributed by atoms with E-state index in [1.54, 1.807) is 0 Å². The maximum Gasteiger partial charge on any atom is 0.192 e. The van der Waals surface area contributed by atoms with Gasteiger partial charge in [-0.2, -0.15) is 0 Å². The van der Waals surface area contributed by atoms with Crippen molar-refractivity contribution in [2.24, 2.45) is 5.41 Å². The van der Waals surface area contributed by atoms with Crippen molar-refractivity contribution < 1.29 is 4.43 Å². The molecule has 98 valence electrons. The van der Waals surface area contributed by atoms with Crippen molar-refractivity contribution in [1.29, 1.82) is 0 Å². The monoisotopic (exact) mass is 252 g/mol. The van der Waals surface area contributed by atoms with E-state index in [4.69, 9.17) is 4.43 Å². The van der Waals surface area contributed by atoms with Crippen molar-refractivity contribution >= 4 is 8.32 Å². The lowest BCUT2D eigenvalue weighted by Gasteiger charge is -2.42. The van der Waals surface area contributed by atoms with Crippen molar-refractivity contribution in [3.8, 4) is 0 Å². The number of hydrogen-bond acceptors (Lipinski definition) is 1. The Labute approximate surface area is 108 Å². The summed E-state index contributed by atoms with van der Waals surface area (Å²) in [6, 6.07) is 0. The van der Waals surface area contributed by atoms with Crippen LogP contribution in [-0.4, -0.2) is 14.4 Å². The predicted molar refractivity (Wildman–Crippen MR) is 78.7 cm³/mol. The number of hydrogen-bond donors (Lipinski definition) is 0. The SMILES string of the molecule is C=C1CC(C)(C)C(O[Si](C)(C)C(C)(C)C)C1=C. The minimum Gasteiger partial charge on any atom is -0.409 e. The zero-order valence-corrected chi connectivity index (χ0v) is 13.6. The summed E-state index contributed by atoms with van der Waals surface area (Å²) >= 11 is 0. The van der Waals surface area contributed by atoms with Gasteiger partial charge in [0.25, 0.3) is 0 Å². The molecule has 1 atom stereocenters. The molecule has 0 aliphatic heterocycles. The minimum absolute atomic E-state index is 0.143. The third-order valence-corrected chi connectivity index (χ3v) is 8.81. The predicted octanol–water partition coefficient (Wildman–Crippen LogP) is 4.92. The summed E-state index contributed by atoms with van der Waals surface area (Å²) in [4.78, 5) is 0. The van der Waals surface area contributed by atoms with Crippen LogP contribution in [0.15, 0.2) is 24.3 Å². The van der Waals surface area contributed by atoms with Gasteiger partial charge < -0.3 is 4.43 Å². The molecule has 0 spiro atoms. The van der Waals surface area contributed by atoms with Crippen LogP contribution in [0.3, 0.4) is 0 Å². The lowest BCUT2D eigenvalue weighted by molar-refractivity contribution is 0.113. The van der Waals surface area contributed by atoms with Crippen LogP contribution in [0.5, 0.6) is 0 Å². The molecule has 1 aliphatic rings. The second-order valence-corrected chi connectivity index (χ2v) is 12.3. The molecule has 0 aromatic carbocycles. The maximum absolute atomic E-state index is 6.54. The second-order valence-electron chi connectivity index (χ2n) is 7.55. The van der Waals surface area contributed by atoms with Crippen molar-refractivity contribution in [2.75, 3.05) is 0 Å². The lowest BCUT2D eigenvalue weighted by Crippen LogP contribution is -2.46. The molecule has 0 aromatic heterocycles. The molecule has 1 aliphatic carbocycles. The molecule has 0 saturated heterocycles. The molecule has 0 amide bonds. The van der Waals surface area contributed by atoms with E-state index in [-0.39, 0.29) is 16.6 Å². The Morgan fingerprint density at radius 2 is 1.71 bits per heavy atom. The fourth-order valence-corrected chi connectivity index (χ4v) is 3.52. The highest BCUT2D eigenvalue weighted by Crippen LogP contribution is 2.48. The van der Waals surface area contributed by atoms with Crippen LogP contribution in [-0.2, 0) is 4.43 Å². The fourth-order valence-electron chi connectivity index (χ4n) is 2.12. The Kier molecular flexibility index (Phi) is 3.55. The first kappa shape index (κ1) is 14.7. The van der Waals surface area contributed by atoms with Crippen LogP contribution in [0, 0.1) is 5.41 Å². The van der Waals surface area contributed by atoms with E-state index in [1.807, 2.05) is 0 Å². The highest BCUT2D eigenvalue weighted by Gasteiger charge is 2.47. The van der Waals surface area contributed by atoms with E-state index >= 15 is 0 Å². The summed E-state index contributed by atoms with van der Waals surface area (Å²) in [6.07, 6.45) is 1.15. The third-order valence-electron chi connectivity index (χ3n) is 4.37. The minimum atomic E-state index is -1.73. The van der Waals surface area contributed by atoms with Gasteiger partial charge in [0.05, 0.1) is 6.10 Å². The van der Waals surface area contributed by atoms with Crippen LogP contribution < -0.4 is 0 Å². The van der Waals surface area contributed by atoms with Crippen LogP contribution in [0.25, 0.3) is 0 Å². The Morgan fingerprint density at radius 3 is 2.00 bits per heavy atom. The molecule has 2 heteroatoms. The van der Waals surface area contributed by atoms with Gasteiger partial charge in [0.15, 0.2) is 8.32 Å². The second kappa shape index (κ2) is 4.10. The van der Waals surface area contributed by atoms with Gasteiger partial charge in [-0.15, -0.1) is 0 Å². The van der Waals surface area contributed by atoms with Gasteiger partial charge >= 0.3 is 0 Å². The Morgan fingerprint density at radius 1 is 1.24 bits per heavy atom. The Bertz CT molecular complexity index is 344. The standard InChI is InChI=1S/C15H28OSi/c1-11-10-15(6,7)13(12(11)2)16-17(8,9)14(3,4)5/h13H,1-2,10H2,3-9H3. The zero-order valence-electron chi connectivity index (χ0n) is 12.6. The van der Waals surface area contributed by atoms with E-state index in [2.05, 4.69) is 60.9 Å². The Balaban J connectivity index is 2.96. The quantitative estimate of drug-likeness (QED) is 0.634. The smallest absolute Gasteiger partial charge is 0.192 e. The van der Waals surface area contributed by atoms with Crippen LogP contribution >= 0.6 is 0 Å². The molecule has 1 nitrogen and oxygen atoms in total. The normalized spacial score (nSPS) is 25.5. The molecular formula is C15H28OSi. The first-order chi connectivity index (χ1) is 7.38. The summed E-state index contributed by atoms with van der Waals surface area (Å²) in [5, 5.41) is 0.243. The average Bonchev–Trinajstić information content (AvgIpc) is 2.26. The van der Waals surface area contributed by atoms with Crippen LogP contribution in [0.4, 0.5) is 0 Å². The summed E-state index contributed by atoms with van der Waals surface area (Å²) < 4.78 is 6.54. The van der Waals surface area contributed by atoms with Gasteiger partial charge in [0.2, 0.25) is 0 Å². The van der Waals surface area contributed by atoms with Crippen LogP contribution in [0.1, 0.15) is 41.0 Å². The van der Waals surface area contributed by atoms with Crippen molar-refractivity contribution in [2.45, 2.75) is 65.3 Å². The average molecular weight is 252 g/mol. The molecule has 1 unspecified atom stereocenters. The van der Waals surface area contributed by atoms with Crippen molar-refractivity contribution in [3.05, 3.63) is 24.3 Å². The number of rotatable bonds is 2. The zero-order chi connectivity index (χ0) is 13.6. The van der Waals surface area contributed by atoms with Gasteiger partial charge in [0.1, 0.15) is 0 Å². The summed E-state index contributed by atoms with van der Waals surface area (Å²) in [7, 11) is -1.73. The molecule has 0 heterocycles. The van der Waals surface area contributed by atoms with E-state index in [0.717, 1.165) is 12.0 Å². The van der Waals surface area contributed by atoms with Crippen molar-refractivity contribution in [3.63, 3.8) is 0 Å². The van der Waals surface area contributed by atoms with Crippen LogP contribution in [0.2, 0.25) is 18.1 Å². The molecule has 1 fully saturated rings. The fraction of sp³-hybridized carbons (Fsp3) is 0.733. The molecule has 0 aromatic rings. The molecular weight excluding hydrogens is 224 g/mol. The molecule has 0 N–H and O–H groups in total. The summed E-state index contributed by atoms with van der Waals surface area (Å²) in [5.74, 6) is 0. The van der Waals surface area contributed by atoms with E-state index in [0.29, 0.717) is 0 Å². The van der Waals surface area contributed by atoms with Gasteiger partial charge in [0, 0.05) is 0 Å². The molecule has 0 bridgehead atoms. The topological polar surface area (TPSA) is 9.23 Å². The Hall–Kier alpha value is -0.343.